The van der Waals surface area contributed by atoms with Crippen molar-refractivity contribution in [1.82, 2.24) is 4.31 Å². The van der Waals surface area contributed by atoms with E-state index in [4.69, 9.17) is 0 Å². The van der Waals surface area contributed by atoms with Crippen LogP contribution in [-0.4, -0.2) is 21.6 Å². The minimum Gasteiger partial charge on any atom is -0.237 e. The van der Waals surface area contributed by atoms with Gasteiger partial charge in [0.2, 0.25) is 0 Å². The number of rotatable bonds is 2. The average molecular weight is 223 g/mol. The molecule has 0 saturated carbocycles. The van der Waals surface area contributed by atoms with E-state index in [1.165, 1.54) is 24.8 Å². The molecular weight excluding hydrogens is 206 g/mol. The predicted molar refractivity (Wildman–Crippen MR) is 63.0 cm³/mol. The Bertz CT molecular complexity index is 341. The van der Waals surface area contributed by atoms with Crippen LogP contribution in [0, 0.1) is 6.92 Å². The van der Waals surface area contributed by atoms with Crippen molar-refractivity contribution >= 4 is 11.0 Å². The lowest BCUT2D eigenvalue weighted by atomic mass is 10.2. The van der Waals surface area contributed by atoms with Gasteiger partial charge in [0.25, 0.3) is 0 Å². The van der Waals surface area contributed by atoms with Gasteiger partial charge in [0.15, 0.2) is 0 Å². The summed E-state index contributed by atoms with van der Waals surface area (Å²) in [7, 11) is -0.945. The zero-order valence-corrected chi connectivity index (χ0v) is 9.93. The van der Waals surface area contributed by atoms with Gasteiger partial charge in [-0.2, -0.15) is 0 Å². The van der Waals surface area contributed by atoms with Crippen LogP contribution in [-0.2, 0) is 11.0 Å². The fraction of sp³-hybridized carbons (Fsp3) is 0.500. The summed E-state index contributed by atoms with van der Waals surface area (Å²) in [5.41, 5.74) is 1.22. The lowest BCUT2D eigenvalue weighted by molar-refractivity contribution is 0.365. The molecule has 2 nitrogen and oxygen atoms in total. The van der Waals surface area contributed by atoms with E-state index >= 15 is 0 Å². The molecular formula is C12H17NOS. The van der Waals surface area contributed by atoms with Crippen molar-refractivity contribution in [2.24, 2.45) is 0 Å². The highest BCUT2D eigenvalue weighted by Gasteiger charge is 2.17. The number of benzene rings is 1. The molecule has 0 aliphatic carbocycles. The number of piperidine rings is 1. The molecule has 1 aliphatic rings. The van der Waals surface area contributed by atoms with Gasteiger partial charge in [0.1, 0.15) is 11.0 Å². The molecule has 1 saturated heterocycles. The fourth-order valence-corrected chi connectivity index (χ4v) is 3.09. The average Bonchev–Trinajstić information content (AvgIpc) is 2.30. The van der Waals surface area contributed by atoms with Gasteiger partial charge >= 0.3 is 0 Å². The van der Waals surface area contributed by atoms with Crippen molar-refractivity contribution in [3.05, 3.63) is 29.8 Å². The van der Waals surface area contributed by atoms with E-state index in [0.717, 1.165) is 18.0 Å². The second-order valence-corrected chi connectivity index (χ2v) is 5.54. The normalized spacial score (nSPS) is 20.1. The summed E-state index contributed by atoms with van der Waals surface area (Å²) < 4.78 is 14.2. The van der Waals surface area contributed by atoms with E-state index in [0.29, 0.717) is 0 Å². The topological polar surface area (TPSA) is 20.3 Å². The van der Waals surface area contributed by atoms with Crippen LogP contribution >= 0.6 is 0 Å². The van der Waals surface area contributed by atoms with Crippen LogP contribution in [0.15, 0.2) is 29.2 Å². The molecule has 0 amide bonds. The second-order valence-electron chi connectivity index (χ2n) is 4.05. The maximum atomic E-state index is 12.1. The first-order valence-electron chi connectivity index (χ1n) is 5.51. The number of hydrogen-bond donors (Lipinski definition) is 0. The number of hydrogen-bond acceptors (Lipinski definition) is 1. The Hall–Kier alpha value is -0.670. The zero-order valence-electron chi connectivity index (χ0n) is 9.11. The summed E-state index contributed by atoms with van der Waals surface area (Å²) in [4.78, 5) is 0.933. The molecule has 1 aromatic carbocycles. The maximum absolute atomic E-state index is 12.1. The summed E-state index contributed by atoms with van der Waals surface area (Å²) in [6, 6.07) is 7.99. The molecule has 3 heteroatoms. The third-order valence-electron chi connectivity index (χ3n) is 2.77. The minimum atomic E-state index is -0.945. The molecule has 0 N–H and O–H groups in total. The Morgan fingerprint density at radius 1 is 1.07 bits per heavy atom. The molecule has 1 heterocycles. The molecule has 2 rings (SSSR count). The highest BCUT2D eigenvalue weighted by atomic mass is 32.2. The monoisotopic (exact) mass is 223 g/mol. The summed E-state index contributed by atoms with van der Waals surface area (Å²) >= 11 is 0. The quantitative estimate of drug-likeness (QED) is 0.754. The largest absolute Gasteiger partial charge is 0.237 e. The van der Waals surface area contributed by atoms with E-state index in [2.05, 4.69) is 4.31 Å². The summed E-state index contributed by atoms with van der Waals surface area (Å²) in [5, 5.41) is 0. The fourth-order valence-electron chi connectivity index (χ4n) is 1.83. The Balaban J connectivity index is 2.09. The van der Waals surface area contributed by atoms with E-state index in [1.54, 1.807) is 0 Å². The van der Waals surface area contributed by atoms with Crippen LogP contribution in [0.4, 0.5) is 0 Å². The van der Waals surface area contributed by atoms with Gasteiger partial charge in [-0.15, -0.1) is 0 Å². The highest BCUT2D eigenvalue weighted by Crippen LogP contribution is 2.17. The van der Waals surface area contributed by atoms with Crippen LogP contribution in [0.1, 0.15) is 24.8 Å². The smallest absolute Gasteiger partial charge is 0.127 e. The van der Waals surface area contributed by atoms with Gasteiger partial charge in [-0.1, -0.05) is 24.1 Å². The van der Waals surface area contributed by atoms with E-state index in [-0.39, 0.29) is 0 Å². The van der Waals surface area contributed by atoms with E-state index < -0.39 is 11.0 Å². The Labute approximate surface area is 93.9 Å². The minimum absolute atomic E-state index is 0.933. The van der Waals surface area contributed by atoms with Gasteiger partial charge in [-0.05, 0) is 31.9 Å². The van der Waals surface area contributed by atoms with Crippen LogP contribution in [0.3, 0.4) is 0 Å². The van der Waals surface area contributed by atoms with Crippen LogP contribution in [0.25, 0.3) is 0 Å². The number of aryl methyl sites for hydroxylation is 1. The van der Waals surface area contributed by atoms with Crippen molar-refractivity contribution in [2.45, 2.75) is 31.1 Å². The van der Waals surface area contributed by atoms with Gasteiger partial charge in [0, 0.05) is 13.1 Å². The van der Waals surface area contributed by atoms with Crippen molar-refractivity contribution in [1.29, 1.82) is 0 Å². The Morgan fingerprint density at radius 3 is 2.27 bits per heavy atom. The molecule has 1 aliphatic heterocycles. The van der Waals surface area contributed by atoms with Crippen molar-refractivity contribution < 1.29 is 4.21 Å². The molecule has 1 fully saturated rings. The zero-order chi connectivity index (χ0) is 10.7. The Kier molecular flexibility index (Phi) is 3.54. The van der Waals surface area contributed by atoms with E-state index in [9.17, 15) is 4.21 Å². The van der Waals surface area contributed by atoms with Crippen LogP contribution in [0.5, 0.6) is 0 Å². The first kappa shape index (κ1) is 10.8. The van der Waals surface area contributed by atoms with E-state index in [1.807, 2.05) is 31.2 Å². The molecule has 0 aromatic heterocycles. The maximum Gasteiger partial charge on any atom is 0.127 e. The third kappa shape index (κ3) is 2.67. The first-order chi connectivity index (χ1) is 7.27. The standard InChI is InChI=1S/C12H17NOS/c1-11-5-7-12(8-6-11)15(14)13-9-3-2-4-10-13/h5-8H,2-4,9-10H2,1H3. The van der Waals surface area contributed by atoms with Gasteiger partial charge in [-0.25, -0.2) is 8.51 Å². The van der Waals surface area contributed by atoms with Crippen molar-refractivity contribution in [3.8, 4) is 0 Å². The second kappa shape index (κ2) is 4.90. The van der Waals surface area contributed by atoms with Gasteiger partial charge in [0.05, 0.1) is 4.90 Å². The van der Waals surface area contributed by atoms with Crippen LogP contribution in [0.2, 0.25) is 0 Å². The lowest BCUT2D eigenvalue weighted by Crippen LogP contribution is -2.31. The Morgan fingerprint density at radius 2 is 1.67 bits per heavy atom. The molecule has 1 aromatic rings. The van der Waals surface area contributed by atoms with Crippen molar-refractivity contribution in [2.75, 3.05) is 13.1 Å². The van der Waals surface area contributed by atoms with Crippen LogP contribution < -0.4 is 0 Å². The molecule has 0 spiro atoms. The molecule has 1 atom stereocenters. The highest BCUT2D eigenvalue weighted by molar-refractivity contribution is 7.82. The van der Waals surface area contributed by atoms with Gasteiger partial charge < -0.3 is 0 Å². The van der Waals surface area contributed by atoms with Gasteiger partial charge in [-0.3, -0.25) is 0 Å². The summed E-state index contributed by atoms with van der Waals surface area (Å²) in [6.45, 7) is 3.99. The molecule has 0 radical (unpaired) electrons. The summed E-state index contributed by atoms with van der Waals surface area (Å²) in [5.74, 6) is 0. The SMILES string of the molecule is Cc1ccc(S(=O)N2CCCCC2)cc1. The van der Waals surface area contributed by atoms with Crippen molar-refractivity contribution in [3.63, 3.8) is 0 Å². The molecule has 1 unspecified atom stereocenters. The predicted octanol–water partition coefficient (Wildman–Crippen LogP) is 2.50. The molecule has 0 bridgehead atoms. The summed E-state index contributed by atoms with van der Waals surface area (Å²) in [6.07, 6.45) is 3.64. The third-order valence-corrected chi connectivity index (χ3v) is 4.28. The lowest BCUT2D eigenvalue weighted by Gasteiger charge is -2.24. The first-order valence-corrected chi connectivity index (χ1v) is 6.61. The number of nitrogens with zero attached hydrogens (tertiary/aromatic N) is 1. The molecule has 82 valence electrons. The molecule has 15 heavy (non-hydrogen) atoms.